The van der Waals surface area contributed by atoms with E-state index in [1.54, 1.807) is 0 Å². The molecule has 0 aromatic carbocycles. The third kappa shape index (κ3) is 5.51. The molecule has 1 aliphatic rings. The maximum atomic E-state index is 9.39. The van der Waals surface area contributed by atoms with E-state index in [-0.39, 0.29) is 0 Å². The fraction of sp³-hybridized carbons (Fsp3) is 1.00. The summed E-state index contributed by atoms with van der Waals surface area (Å²) in [7, 11) is 2.13. The highest BCUT2D eigenvalue weighted by Gasteiger charge is 2.02. The highest BCUT2D eigenvalue weighted by molar-refractivity contribution is 4.61. The molecule has 1 saturated heterocycles. The van der Waals surface area contributed by atoms with Crippen molar-refractivity contribution in [2.75, 3.05) is 59.4 Å². The zero-order valence-corrected chi connectivity index (χ0v) is 9.00. The molecule has 0 spiro atoms. The minimum absolute atomic E-state index is 0.700. The molecule has 1 heterocycles. The normalized spacial score (nSPS) is 25.3. The second-order valence-electron chi connectivity index (χ2n) is 3.76. The van der Waals surface area contributed by atoms with Gasteiger partial charge in [0.2, 0.25) is 0 Å². The van der Waals surface area contributed by atoms with Crippen LogP contribution in [0.3, 0.4) is 0 Å². The van der Waals surface area contributed by atoms with E-state index in [1.807, 2.05) is 0 Å². The van der Waals surface area contributed by atoms with Gasteiger partial charge in [-0.2, -0.15) is 5.06 Å². The number of hydrogen-bond acceptors (Lipinski definition) is 5. The first-order valence-electron chi connectivity index (χ1n) is 5.33. The number of hydrogen-bond donors (Lipinski definition) is 3. The Morgan fingerprint density at radius 3 is 1.79 bits per heavy atom. The topological polar surface area (TPSA) is 50.8 Å². The summed E-state index contributed by atoms with van der Waals surface area (Å²) < 4.78 is 0. The van der Waals surface area contributed by atoms with E-state index in [9.17, 15) is 5.21 Å². The van der Waals surface area contributed by atoms with Crippen LogP contribution in [0, 0.1) is 0 Å². The molecule has 0 aromatic rings. The zero-order valence-electron chi connectivity index (χ0n) is 9.00. The second-order valence-corrected chi connectivity index (χ2v) is 3.76. The lowest BCUT2D eigenvalue weighted by Crippen LogP contribution is -2.41. The van der Waals surface area contributed by atoms with Gasteiger partial charge in [-0.1, -0.05) is 0 Å². The quantitative estimate of drug-likeness (QED) is 0.461. The van der Waals surface area contributed by atoms with Crippen LogP contribution in [0.15, 0.2) is 0 Å². The third-order valence-corrected chi connectivity index (χ3v) is 2.43. The monoisotopic (exact) mass is 202 g/mol. The van der Waals surface area contributed by atoms with Crippen molar-refractivity contribution in [3.8, 4) is 0 Å². The van der Waals surface area contributed by atoms with Crippen LogP contribution in [0.25, 0.3) is 0 Å². The standard InChI is InChI=1S/C9H22N4O/c1-12-6-2-10-4-8-13(14)9-5-11-3-7-12/h10-11,14H,2-9H2,1H3. The summed E-state index contributed by atoms with van der Waals surface area (Å²) in [5.41, 5.74) is 0. The summed E-state index contributed by atoms with van der Waals surface area (Å²) in [4.78, 5) is 2.30. The maximum Gasteiger partial charge on any atom is 0.0363 e. The first-order valence-corrected chi connectivity index (χ1v) is 5.33. The Morgan fingerprint density at radius 1 is 0.857 bits per heavy atom. The molecule has 3 N–H and O–H groups in total. The Morgan fingerprint density at radius 2 is 1.29 bits per heavy atom. The van der Waals surface area contributed by atoms with Crippen molar-refractivity contribution in [2.24, 2.45) is 0 Å². The fourth-order valence-corrected chi connectivity index (χ4v) is 1.43. The van der Waals surface area contributed by atoms with Gasteiger partial charge >= 0.3 is 0 Å². The Balaban J connectivity index is 2.19. The molecule has 14 heavy (non-hydrogen) atoms. The number of hydroxylamine groups is 2. The van der Waals surface area contributed by atoms with Crippen molar-refractivity contribution in [1.82, 2.24) is 20.6 Å². The summed E-state index contributed by atoms with van der Waals surface area (Å²) in [6.45, 7) is 7.21. The Bertz CT molecular complexity index is 117. The van der Waals surface area contributed by atoms with Gasteiger partial charge in [0.1, 0.15) is 0 Å². The largest absolute Gasteiger partial charge is 0.314 e. The maximum absolute atomic E-state index is 9.39. The molecule has 0 aliphatic carbocycles. The van der Waals surface area contributed by atoms with Crippen LogP contribution in [0.5, 0.6) is 0 Å². The van der Waals surface area contributed by atoms with E-state index in [0.717, 1.165) is 39.3 Å². The predicted octanol–water partition coefficient (Wildman–Crippen LogP) is -1.20. The van der Waals surface area contributed by atoms with Gasteiger partial charge in [-0.15, -0.1) is 0 Å². The molecule has 0 radical (unpaired) electrons. The van der Waals surface area contributed by atoms with Crippen molar-refractivity contribution in [3.63, 3.8) is 0 Å². The molecule has 1 rings (SSSR count). The van der Waals surface area contributed by atoms with Crippen molar-refractivity contribution in [2.45, 2.75) is 0 Å². The molecular weight excluding hydrogens is 180 g/mol. The van der Waals surface area contributed by atoms with E-state index in [4.69, 9.17) is 0 Å². The van der Waals surface area contributed by atoms with Crippen LogP contribution >= 0.6 is 0 Å². The Kier molecular flexibility index (Phi) is 6.05. The first-order chi connectivity index (χ1) is 6.79. The highest BCUT2D eigenvalue weighted by Crippen LogP contribution is 1.83. The average Bonchev–Trinajstić information content (AvgIpc) is 2.14. The Hall–Kier alpha value is -0.200. The predicted molar refractivity (Wildman–Crippen MR) is 56.6 cm³/mol. The molecule has 0 amide bonds. The molecule has 84 valence electrons. The van der Waals surface area contributed by atoms with E-state index in [0.29, 0.717) is 13.1 Å². The van der Waals surface area contributed by atoms with Crippen LogP contribution in [0.2, 0.25) is 0 Å². The van der Waals surface area contributed by atoms with Crippen molar-refractivity contribution in [3.05, 3.63) is 0 Å². The van der Waals surface area contributed by atoms with Crippen molar-refractivity contribution in [1.29, 1.82) is 0 Å². The summed E-state index contributed by atoms with van der Waals surface area (Å²) in [6.07, 6.45) is 0. The van der Waals surface area contributed by atoms with Gasteiger partial charge in [0.25, 0.3) is 0 Å². The fourth-order valence-electron chi connectivity index (χ4n) is 1.43. The van der Waals surface area contributed by atoms with E-state index >= 15 is 0 Å². The van der Waals surface area contributed by atoms with Crippen LogP contribution in [0.4, 0.5) is 0 Å². The smallest absolute Gasteiger partial charge is 0.0363 e. The lowest BCUT2D eigenvalue weighted by Gasteiger charge is -2.20. The SMILES string of the molecule is CN1CCNCCN(O)CCNCC1. The molecule has 0 saturated carbocycles. The minimum atomic E-state index is 0.700. The lowest BCUT2D eigenvalue weighted by molar-refractivity contribution is -0.0878. The molecule has 0 aromatic heterocycles. The van der Waals surface area contributed by atoms with Crippen LogP contribution in [-0.2, 0) is 0 Å². The van der Waals surface area contributed by atoms with Gasteiger partial charge in [-0.25, -0.2) is 0 Å². The number of rotatable bonds is 0. The summed E-state index contributed by atoms with van der Waals surface area (Å²) in [5, 5.41) is 17.4. The van der Waals surface area contributed by atoms with Gasteiger partial charge in [0.05, 0.1) is 0 Å². The van der Waals surface area contributed by atoms with Crippen LogP contribution in [0.1, 0.15) is 0 Å². The molecule has 1 fully saturated rings. The highest BCUT2D eigenvalue weighted by atomic mass is 16.5. The molecule has 0 unspecified atom stereocenters. The van der Waals surface area contributed by atoms with Gasteiger partial charge in [-0.3, -0.25) is 0 Å². The molecule has 5 nitrogen and oxygen atoms in total. The van der Waals surface area contributed by atoms with Crippen LogP contribution in [-0.4, -0.2) is 74.6 Å². The average molecular weight is 202 g/mol. The van der Waals surface area contributed by atoms with Crippen molar-refractivity contribution < 1.29 is 5.21 Å². The Labute approximate surface area is 86.0 Å². The zero-order chi connectivity index (χ0) is 10.2. The summed E-state index contributed by atoms with van der Waals surface area (Å²) in [5.74, 6) is 0. The van der Waals surface area contributed by atoms with Crippen molar-refractivity contribution >= 4 is 0 Å². The van der Waals surface area contributed by atoms with Gasteiger partial charge in [0.15, 0.2) is 0 Å². The number of likely N-dealkylation sites (N-methyl/N-ethyl adjacent to an activating group) is 1. The van der Waals surface area contributed by atoms with Gasteiger partial charge in [-0.05, 0) is 7.05 Å². The van der Waals surface area contributed by atoms with Crippen LogP contribution < -0.4 is 10.6 Å². The molecule has 5 heteroatoms. The lowest BCUT2D eigenvalue weighted by atomic mass is 10.4. The first kappa shape index (κ1) is 11.9. The second kappa shape index (κ2) is 7.14. The molecule has 1 aliphatic heterocycles. The van der Waals surface area contributed by atoms with E-state index < -0.39 is 0 Å². The number of nitrogens with zero attached hydrogens (tertiary/aromatic N) is 2. The molecular formula is C9H22N4O. The third-order valence-electron chi connectivity index (χ3n) is 2.43. The minimum Gasteiger partial charge on any atom is -0.314 e. The molecule has 0 atom stereocenters. The van der Waals surface area contributed by atoms with Gasteiger partial charge < -0.3 is 20.7 Å². The molecule has 0 bridgehead atoms. The van der Waals surface area contributed by atoms with E-state index in [1.165, 1.54) is 5.06 Å². The van der Waals surface area contributed by atoms with E-state index in [2.05, 4.69) is 22.6 Å². The summed E-state index contributed by atoms with van der Waals surface area (Å²) >= 11 is 0. The summed E-state index contributed by atoms with van der Waals surface area (Å²) in [6, 6.07) is 0. The number of nitrogens with one attached hydrogen (secondary N) is 2. The van der Waals surface area contributed by atoms with Gasteiger partial charge in [0, 0.05) is 52.4 Å².